The largest absolute Gasteiger partial charge is 0.354 e. The second-order valence-corrected chi connectivity index (χ2v) is 5.84. The van der Waals surface area contributed by atoms with Gasteiger partial charge in [-0.1, -0.05) is 46.0 Å². The van der Waals surface area contributed by atoms with Crippen molar-refractivity contribution in [2.45, 2.75) is 71.3 Å². The Morgan fingerprint density at radius 2 is 2.00 bits per heavy atom. The van der Waals surface area contributed by atoms with Crippen molar-refractivity contribution in [3.05, 3.63) is 0 Å². The minimum Gasteiger partial charge on any atom is -0.354 e. The predicted octanol–water partition coefficient (Wildman–Crippen LogP) is 2.59. The molecule has 3 heteroatoms. The van der Waals surface area contributed by atoms with Gasteiger partial charge in [-0.25, -0.2) is 0 Å². The van der Waals surface area contributed by atoms with Crippen LogP contribution in [0.25, 0.3) is 0 Å². The van der Waals surface area contributed by atoms with Gasteiger partial charge in [0, 0.05) is 6.54 Å². The number of unbranched alkanes of at least 4 members (excludes halogenated alkanes) is 1. The van der Waals surface area contributed by atoms with Gasteiger partial charge in [0.1, 0.15) is 0 Å². The van der Waals surface area contributed by atoms with Crippen molar-refractivity contribution in [1.82, 2.24) is 5.32 Å². The van der Waals surface area contributed by atoms with Gasteiger partial charge < -0.3 is 11.1 Å². The van der Waals surface area contributed by atoms with Crippen molar-refractivity contribution < 1.29 is 4.79 Å². The number of hydrogen-bond acceptors (Lipinski definition) is 2. The summed E-state index contributed by atoms with van der Waals surface area (Å²) >= 11 is 0. The van der Waals surface area contributed by atoms with Gasteiger partial charge in [0.05, 0.1) is 6.04 Å². The van der Waals surface area contributed by atoms with Crippen molar-refractivity contribution >= 4 is 5.91 Å². The molecule has 1 fully saturated rings. The van der Waals surface area contributed by atoms with Gasteiger partial charge in [-0.3, -0.25) is 4.79 Å². The summed E-state index contributed by atoms with van der Waals surface area (Å²) in [6.07, 6.45) is 9.35. The Kier molecular flexibility index (Phi) is 5.96. The number of hydrogen-bond donors (Lipinski definition) is 2. The van der Waals surface area contributed by atoms with Gasteiger partial charge in [-0.2, -0.15) is 0 Å². The van der Waals surface area contributed by atoms with Crippen LogP contribution in [0.2, 0.25) is 0 Å². The highest BCUT2D eigenvalue weighted by atomic mass is 16.2. The molecular weight excluding hydrogens is 212 g/mol. The molecule has 1 amide bonds. The molecule has 100 valence electrons. The maximum absolute atomic E-state index is 11.8. The predicted molar refractivity (Wildman–Crippen MR) is 71.7 cm³/mol. The summed E-state index contributed by atoms with van der Waals surface area (Å²) in [6, 6.07) is -0.317. The standard InChI is InChI=1S/C14H28N2O/c1-3-4-8-12(15)13(17)16-11-14(2)9-6-5-7-10-14/h12H,3-11,15H2,1-2H3,(H,16,17). The van der Waals surface area contributed by atoms with E-state index >= 15 is 0 Å². The zero-order valence-corrected chi connectivity index (χ0v) is 11.4. The molecule has 0 bridgehead atoms. The maximum Gasteiger partial charge on any atom is 0.236 e. The molecule has 0 aromatic heterocycles. The summed E-state index contributed by atoms with van der Waals surface area (Å²) in [4.78, 5) is 11.8. The van der Waals surface area contributed by atoms with Crippen molar-refractivity contribution in [3.8, 4) is 0 Å². The van der Waals surface area contributed by atoms with Crippen LogP contribution in [-0.4, -0.2) is 18.5 Å². The molecule has 1 unspecified atom stereocenters. The van der Waals surface area contributed by atoms with Gasteiger partial charge in [0.2, 0.25) is 5.91 Å². The lowest BCUT2D eigenvalue weighted by molar-refractivity contribution is -0.123. The molecule has 0 aromatic rings. The Bertz CT molecular complexity index is 234. The fourth-order valence-electron chi connectivity index (χ4n) is 2.57. The number of nitrogens with two attached hydrogens (primary N) is 1. The zero-order chi connectivity index (χ0) is 12.7. The van der Waals surface area contributed by atoms with Crippen LogP contribution >= 0.6 is 0 Å². The van der Waals surface area contributed by atoms with Crippen LogP contribution in [0.5, 0.6) is 0 Å². The molecule has 1 aliphatic carbocycles. The molecule has 1 saturated carbocycles. The lowest BCUT2D eigenvalue weighted by Crippen LogP contribution is -2.45. The van der Waals surface area contributed by atoms with E-state index in [1.807, 2.05) is 0 Å². The first-order valence-corrected chi connectivity index (χ1v) is 7.11. The molecule has 1 aliphatic rings. The third kappa shape index (κ3) is 5.07. The fraction of sp³-hybridized carbons (Fsp3) is 0.929. The molecule has 0 aromatic carbocycles. The molecule has 0 saturated heterocycles. The van der Waals surface area contributed by atoms with E-state index in [-0.39, 0.29) is 11.9 Å². The quantitative estimate of drug-likeness (QED) is 0.750. The van der Waals surface area contributed by atoms with Gasteiger partial charge >= 0.3 is 0 Å². The second-order valence-electron chi connectivity index (χ2n) is 5.84. The van der Waals surface area contributed by atoms with Gasteiger partial charge in [-0.05, 0) is 24.7 Å². The summed E-state index contributed by atoms with van der Waals surface area (Å²) in [5, 5.41) is 3.04. The van der Waals surface area contributed by atoms with E-state index in [1.165, 1.54) is 32.1 Å². The highest BCUT2D eigenvalue weighted by Crippen LogP contribution is 2.34. The van der Waals surface area contributed by atoms with E-state index in [4.69, 9.17) is 5.73 Å². The van der Waals surface area contributed by atoms with Crippen molar-refractivity contribution in [2.24, 2.45) is 11.1 Å². The van der Waals surface area contributed by atoms with E-state index in [2.05, 4.69) is 19.2 Å². The normalized spacial score (nSPS) is 20.9. The van der Waals surface area contributed by atoms with Gasteiger partial charge in [-0.15, -0.1) is 0 Å². The van der Waals surface area contributed by atoms with Crippen LogP contribution < -0.4 is 11.1 Å². The van der Waals surface area contributed by atoms with E-state index in [0.717, 1.165) is 25.8 Å². The lowest BCUT2D eigenvalue weighted by Gasteiger charge is -2.34. The molecule has 0 aliphatic heterocycles. The Labute approximate surface area is 106 Å². The average Bonchev–Trinajstić information content (AvgIpc) is 2.34. The van der Waals surface area contributed by atoms with Gasteiger partial charge in [0.25, 0.3) is 0 Å². The van der Waals surface area contributed by atoms with E-state index in [0.29, 0.717) is 5.41 Å². The average molecular weight is 240 g/mol. The SMILES string of the molecule is CCCCC(N)C(=O)NCC1(C)CCCCC1. The minimum absolute atomic E-state index is 0.0326. The summed E-state index contributed by atoms with van der Waals surface area (Å²) in [6.45, 7) is 5.20. The topological polar surface area (TPSA) is 55.1 Å². The van der Waals surface area contributed by atoms with Crippen molar-refractivity contribution in [1.29, 1.82) is 0 Å². The monoisotopic (exact) mass is 240 g/mol. The van der Waals surface area contributed by atoms with Crippen molar-refractivity contribution in [3.63, 3.8) is 0 Å². The molecule has 3 nitrogen and oxygen atoms in total. The molecule has 0 heterocycles. The van der Waals surface area contributed by atoms with Gasteiger partial charge in [0.15, 0.2) is 0 Å². The first kappa shape index (κ1) is 14.5. The first-order chi connectivity index (χ1) is 8.07. The number of carbonyl (C=O) groups is 1. The molecule has 1 atom stereocenters. The Morgan fingerprint density at radius 3 is 2.59 bits per heavy atom. The van der Waals surface area contributed by atoms with E-state index in [1.54, 1.807) is 0 Å². The smallest absolute Gasteiger partial charge is 0.236 e. The zero-order valence-electron chi connectivity index (χ0n) is 11.4. The molecule has 17 heavy (non-hydrogen) atoms. The summed E-state index contributed by atoms with van der Waals surface area (Å²) in [5.74, 6) is 0.0326. The Morgan fingerprint density at radius 1 is 1.35 bits per heavy atom. The number of rotatable bonds is 6. The van der Waals surface area contributed by atoms with E-state index < -0.39 is 0 Å². The summed E-state index contributed by atoms with van der Waals surface area (Å²) in [5.41, 5.74) is 6.15. The molecule has 3 N–H and O–H groups in total. The van der Waals surface area contributed by atoms with Crippen molar-refractivity contribution in [2.75, 3.05) is 6.54 Å². The van der Waals surface area contributed by atoms with Crippen LogP contribution in [0.1, 0.15) is 65.2 Å². The molecular formula is C14H28N2O. The van der Waals surface area contributed by atoms with Crippen LogP contribution in [0, 0.1) is 5.41 Å². The lowest BCUT2D eigenvalue weighted by atomic mass is 9.76. The Hall–Kier alpha value is -0.570. The maximum atomic E-state index is 11.8. The molecule has 0 spiro atoms. The third-order valence-corrected chi connectivity index (χ3v) is 3.96. The molecule has 0 radical (unpaired) electrons. The molecule has 1 rings (SSSR count). The van der Waals surface area contributed by atoms with Crippen LogP contribution in [-0.2, 0) is 4.79 Å². The third-order valence-electron chi connectivity index (χ3n) is 3.96. The summed E-state index contributed by atoms with van der Waals surface area (Å²) < 4.78 is 0. The van der Waals surface area contributed by atoms with Crippen LogP contribution in [0.15, 0.2) is 0 Å². The number of amides is 1. The highest BCUT2D eigenvalue weighted by Gasteiger charge is 2.27. The Balaban J connectivity index is 2.26. The summed E-state index contributed by atoms with van der Waals surface area (Å²) in [7, 11) is 0. The highest BCUT2D eigenvalue weighted by molar-refractivity contribution is 5.81. The minimum atomic E-state index is -0.317. The fourth-order valence-corrected chi connectivity index (χ4v) is 2.57. The number of carbonyl (C=O) groups excluding carboxylic acids is 1. The number of nitrogens with one attached hydrogen (secondary N) is 1. The van der Waals surface area contributed by atoms with E-state index in [9.17, 15) is 4.79 Å². The van der Waals surface area contributed by atoms with Crippen LogP contribution in [0.3, 0.4) is 0 Å². The first-order valence-electron chi connectivity index (χ1n) is 7.11. The second kappa shape index (κ2) is 7.00. The van der Waals surface area contributed by atoms with Crippen LogP contribution in [0.4, 0.5) is 0 Å².